The van der Waals surface area contributed by atoms with Gasteiger partial charge in [-0.05, 0) is 23.3 Å². The van der Waals surface area contributed by atoms with Crippen LogP contribution in [0.4, 0.5) is 11.4 Å². The summed E-state index contributed by atoms with van der Waals surface area (Å²) in [6, 6.07) is 12.1. The first-order chi connectivity index (χ1) is 18.0. The zero-order valence-electron chi connectivity index (χ0n) is 20.7. The molecule has 0 atom stereocenters. The van der Waals surface area contributed by atoms with Gasteiger partial charge in [-0.1, -0.05) is 0 Å². The van der Waals surface area contributed by atoms with Crippen molar-refractivity contribution in [3.63, 3.8) is 0 Å². The van der Waals surface area contributed by atoms with E-state index in [-0.39, 0.29) is 34.1 Å². The lowest BCUT2D eigenvalue weighted by Crippen LogP contribution is -2.46. The van der Waals surface area contributed by atoms with Crippen molar-refractivity contribution < 1.29 is 28.4 Å². The van der Waals surface area contributed by atoms with Crippen molar-refractivity contribution in [1.29, 1.82) is 10.5 Å². The molecule has 6 rings (SSSR count). The van der Waals surface area contributed by atoms with E-state index in [0.29, 0.717) is 42.8 Å². The molecule has 0 aliphatic carbocycles. The standard InChI is InChI=1S/C27H22N4O6/c1-32-20-5-14-11-31-13-30(18(14)7-21(20)33-2)12-15-6-22-23(8-19(15)31)37-27-17(10-29)25(35-4)24(34-3)16(9-28)26(27)36-22/h5-8H,11-13H2,1-4H3. The largest absolute Gasteiger partial charge is 0.493 e. The van der Waals surface area contributed by atoms with E-state index < -0.39 is 0 Å². The lowest BCUT2D eigenvalue weighted by atomic mass is 10.00. The molecule has 0 radical (unpaired) electrons. The molecule has 0 N–H and O–H groups in total. The van der Waals surface area contributed by atoms with E-state index in [1.165, 1.54) is 14.2 Å². The molecule has 0 aromatic heterocycles. The zero-order valence-corrected chi connectivity index (χ0v) is 20.7. The van der Waals surface area contributed by atoms with E-state index >= 15 is 0 Å². The summed E-state index contributed by atoms with van der Waals surface area (Å²) < 4.78 is 34.2. The highest BCUT2D eigenvalue weighted by atomic mass is 16.6. The van der Waals surface area contributed by atoms with Crippen LogP contribution in [0.15, 0.2) is 24.3 Å². The van der Waals surface area contributed by atoms with Crippen LogP contribution in [0.1, 0.15) is 22.3 Å². The number of methoxy groups -OCH3 is 4. The minimum Gasteiger partial charge on any atom is -0.493 e. The first kappa shape index (κ1) is 22.5. The highest BCUT2D eigenvalue weighted by Crippen LogP contribution is 2.56. The van der Waals surface area contributed by atoms with Crippen LogP contribution in [-0.4, -0.2) is 35.1 Å². The first-order valence-corrected chi connectivity index (χ1v) is 11.4. The van der Waals surface area contributed by atoms with E-state index in [1.807, 2.05) is 24.3 Å². The summed E-state index contributed by atoms with van der Waals surface area (Å²) in [6.07, 6.45) is 0. The van der Waals surface area contributed by atoms with Gasteiger partial charge in [0, 0.05) is 36.6 Å². The molecule has 37 heavy (non-hydrogen) atoms. The molecule has 0 unspecified atom stereocenters. The fourth-order valence-corrected chi connectivity index (χ4v) is 5.21. The Morgan fingerprint density at radius 3 is 1.68 bits per heavy atom. The fraction of sp³-hybridized carbons (Fsp3) is 0.259. The van der Waals surface area contributed by atoms with Crippen molar-refractivity contribution in [1.82, 2.24) is 0 Å². The van der Waals surface area contributed by atoms with E-state index in [2.05, 4.69) is 21.9 Å². The number of benzene rings is 3. The van der Waals surface area contributed by atoms with Gasteiger partial charge in [-0.3, -0.25) is 0 Å². The summed E-state index contributed by atoms with van der Waals surface area (Å²) in [6.45, 7) is 2.00. The summed E-state index contributed by atoms with van der Waals surface area (Å²) in [5.74, 6) is 2.77. The Morgan fingerprint density at radius 1 is 0.676 bits per heavy atom. The summed E-state index contributed by atoms with van der Waals surface area (Å²) in [4.78, 5) is 4.50. The molecule has 3 aromatic carbocycles. The third-order valence-electron chi connectivity index (χ3n) is 6.85. The number of nitrogens with zero attached hydrogens (tertiary/aromatic N) is 4. The van der Waals surface area contributed by atoms with Gasteiger partial charge >= 0.3 is 0 Å². The molecule has 10 nitrogen and oxygen atoms in total. The number of anilines is 2. The van der Waals surface area contributed by atoms with Crippen molar-refractivity contribution in [2.75, 3.05) is 44.9 Å². The number of ether oxygens (including phenoxy) is 6. The molecule has 0 amide bonds. The van der Waals surface area contributed by atoms with Crippen LogP contribution >= 0.6 is 0 Å². The maximum absolute atomic E-state index is 9.88. The predicted molar refractivity (Wildman–Crippen MR) is 132 cm³/mol. The van der Waals surface area contributed by atoms with Gasteiger partial charge in [0.15, 0.2) is 46.0 Å². The lowest BCUT2D eigenvalue weighted by Gasteiger charge is -2.45. The molecular weight excluding hydrogens is 476 g/mol. The molecule has 0 saturated heterocycles. The molecule has 3 aliphatic heterocycles. The predicted octanol–water partition coefficient (Wildman–Crippen LogP) is 4.66. The minimum atomic E-state index is 0.0934. The molecule has 2 bridgehead atoms. The molecule has 0 saturated carbocycles. The second-order valence-electron chi connectivity index (χ2n) is 8.70. The van der Waals surface area contributed by atoms with Gasteiger partial charge in [0.25, 0.3) is 0 Å². The molecular formula is C27H22N4O6. The van der Waals surface area contributed by atoms with E-state index in [0.717, 1.165) is 22.5 Å². The number of hydrogen-bond acceptors (Lipinski definition) is 10. The van der Waals surface area contributed by atoms with E-state index in [1.54, 1.807) is 14.2 Å². The number of rotatable bonds is 4. The monoisotopic (exact) mass is 498 g/mol. The van der Waals surface area contributed by atoms with Gasteiger partial charge in [-0.15, -0.1) is 0 Å². The van der Waals surface area contributed by atoms with Crippen LogP contribution in [0.2, 0.25) is 0 Å². The molecule has 3 aliphatic rings. The molecule has 0 fully saturated rings. The number of nitriles is 2. The van der Waals surface area contributed by atoms with Crippen LogP contribution in [-0.2, 0) is 13.1 Å². The van der Waals surface area contributed by atoms with Crippen LogP contribution < -0.4 is 38.2 Å². The molecule has 10 heteroatoms. The molecule has 186 valence electrons. The summed E-state index contributed by atoms with van der Waals surface area (Å²) in [5.41, 5.74) is 4.44. The summed E-state index contributed by atoms with van der Waals surface area (Å²) >= 11 is 0. The summed E-state index contributed by atoms with van der Waals surface area (Å²) in [5, 5.41) is 19.8. The smallest absolute Gasteiger partial charge is 0.193 e. The van der Waals surface area contributed by atoms with E-state index in [9.17, 15) is 10.5 Å². The van der Waals surface area contributed by atoms with Crippen LogP contribution in [0.5, 0.6) is 46.0 Å². The maximum Gasteiger partial charge on any atom is 0.193 e. The topological polar surface area (TPSA) is 109 Å². The van der Waals surface area contributed by atoms with Crippen molar-refractivity contribution >= 4 is 11.4 Å². The average molecular weight is 498 g/mol. The Morgan fingerprint density at radius 2 is 1.16 bits per heavy atom. The van der Waals surface area contributed by atoms with Gasteiger partial charge < -0.3 is 38.2 Å². The SMILES string of the molecule is COc1cc2c(cc1OC)N1Cc3cc4c(cc3N(C2)C1)Oc1c(C#N)c(OC)c(OC)c(C#N)c1O4. The Labute approximate surface area is 213 Å². The van der Waals surface area contributed by atoms with Crippen molar-refractivity contribution in [3.8, 4) is 58.1 Å². The fourth-order valence-electron chi connectivity index (χ4n) is 5.21. The van der Waals surface area contributed by atoms with Crippen LogP contribution in [0, 0.1) is 22.7 Å². The third-order valence-corrected chi connectivity index (χ3v) is 6.85. The molecule has 0 spiro atoms. The first-order valence-electron chi connectivity index (χ1n) is 11.4. The maximum atomic E-state index is 9.88. The van der Waals surface area contributed by atoms with E-state index in [4.69, 9.17) is 28.4 Å². The average Bonchev–Trinajstić information content (AvgIpc) is 2.93. The van der Waals surface area contributed by atoms with Crippen molar-refractivity contribution in [3.05, 3.63) is 46.5 Å². The van der Waals surface area contributed by atoms with Crippen molar-refractivity contribution in [2.45, 2.75) is 13.1 Å². The van der Waals surface area contributed by atoms with Gasteiger partial charge in [-0.2, -0.15) is 10.5 Å². The normalized spacial score (nSPS) is 13.9. The lowest BCUT2D eigenvalue weighted by molar-refractivity contribution is 0.328. The summed E-state index contributed by atoms with van der Waals surface area (Å²) in [7, 11) is 6.07. The Hall–Kier alpha value is -4.96. The third kappa shape index (κ3) is 3.16. The Kier molecular flexibility index (Phi) is 5.06. The minimum absolute atomic E-state index is 0.0934. The highest BCUT2D eigenvalue weighted by molar-refractivity contribution is 5.78. The van der Waals surface area contributed by atoms with Gasteiger partial charge in [0.2, 0.25) is 0 Å². The quantitative estimate of drug-likeness (QED) is 0.394. The Balaban J connectivity index is 1.44. The van der Waals surface area contributed by atoms with Gasteiger partial charge in [-0.25, -0.2) is 0 Å². The molecule has 3 heterocycles. The highest BCUT2D eigenvalue weighted by Gasteiger charge is 2.36. The van der Waals surface area contributed by atoms with Gasteiger partial charge in [0.1, 0.15) is 23.3 Å². The number of hydrogen-bond donors (Lipinski definition) is 0. The van der Waals surface area contributed by atoms with Gasteiger partial charge in [0.05, 0.1) is 35.1 Å². The Bertz CT molecular complexity index is 1550. The second-order valence-corrected chi connectivity index (χ2v) is 8.70. The number of fused-ring (bicyclic) bond motifs is 8. The van der Waals surface area contributed by atoms with Crippen LogP contribution in [0.3, 0.4) is 0 Å². The van der Waals surface area contributed by atoms with Crippen LogP contribution in [0.25, 0.3) is 0 Å². The zero-order chi connectivity index (χ0) is 25.8. The second kappa shape index (κ2) is 8.32. The molecule has 3 aromatic rings. The van der Waals surface area contributed by atoms with Crippen molar-refractivity contribution in [2.24, 2.45) is 0 Å².